The van der Waals surface area contributed by atoms with Gasteiger partial charge >= 0.3 is 0 Å². The fraction of sp³-hybridized carbons (Fsp3) is 0.273. The van der Waals surface area contributed by atoms with Gasteiger partial charge in [0.25, 0.3) is 0 Å². The van der Waals surface area contributed by atoms with Crippen LogP contribution in [0.2, 0.25) is 0 Å². The molecule has 0 saturated heterocycles. The van der Waals surface area contributed by atoms with Gasteiger partial charge in [0.15, 0.2) is 0 Å². The maximum atomic E-state index is 12.7. The highest BCUT2D eigenvalue weighted by atomic mass is 16.2. The first-order valence-electron chi connectivity index (χ1n) is 9.06. The Morgan fingerprint density at radius 2 is 1.81 bits per heavy atom. The summed E-state index contributed by atoms with van der Waals surface area (Å²) in [7, 11) is 0. The summed E-state index contributed by atoms with van der Waals surface area (Å²) in [6, 6.07) is 20.3. The zero-order valence-corrected chi connectivity index (χ0v) is 15.4. The van der Waals surface area contributed by atoms with Crippen LogP contribution in [0.25, 0.3) is 10.9 Å². The lowest BCUT2D eigenvalue weighted by Gasteiger charge is -2.27. The lowest BCUT2D eigenvalue weighted by Crippen LogP contribution is -2.37. The van der Waals surface area contributed by atoms with Crippen molar-refractivity contribution in [2.45, 2.75) is 32.9 Å². The monoisotopic (exact) mass is 347 g/mol. The van der Waals surface area contributed by atoms with E-state index in [0.717, 1.165) is 22.2 Å². The maximum absolute atomic E-state index is 12.7. The van der Waals surface area contributed by atoms with Gasteiger partial charge in [-0.05, 0) is 31.5 Å². The van der Waals surface area contributed by atoms with Gasteiger partial charge in [0.1, 0.15) is 0 Å². The smallest absolute Gasteiger partial charge is 0.224 e. The molecular formula is C22H25N3O. The average Bonchev–Trinajstić information content (AvgIpc) is 2.67. The minimum atomic E-state index is 0.157. The molecule has 4 nitrogen and oxygen atoms in total. The van der Waals surface area contributed by atoms with Gasteiger partial charge in [-0.1, -0.05) is 48.5 Å². The number of anilines is 1. The first kappa shape index (κ1) is 17.9. The number of para-hydroxylation sites is 1. The van der Waals surface area contributed by atoms with Crippen molar-refractivity contribution in [1.29, 1.82) is 0 Å². The second-order valence-electron chi connectivity index (χ2n) is 6.66. The number of nitrogens with zero attached hydrogens (tertiary/aromatic N) is 2. The van der Waals surface area contributed by atoms with Crippen molar-refractivity contribution in [3.8, 4) is 0 Å². The Morgan fingerprint density at radius 1 is 1.04 bits per heavy atom. The largest absolute Gasteiger partial charge is 0.383 e. The Kier molecular flexibility index (Phi) is 5.84. The number of pyridine rings is 1. The number of nitrogens with one attached hydrogen (secondary N) is 1. The summed E-state index contributed by atoms with van der Waals surface area (Å²) < 4.78 is 0. The summed E-state index contributed by atoms with van der Waals surface area (Å²) in [4.78, 5) is 19.1. The summed E-state index contributed by atoms with van der Waals surface area (Å²) in [6.07, 6.45) is 2.24. The number of aromatic nitrogens is 1. The van der Waals surface area contributed by atoms with E-state index in [9.17, 15) is 4.79 Å². The highest BCUT2D eigenvalue weighted by Crippen LogP contribution is 2.20. The molecule has 1 amide bonds. The highest BCUT2D eigenvalue weighted by Gasteiger charge is 2.17. The van der Waals surface area contributed by atoms with Gasteiger partial charge in [-0.3, -0.25) is 9.78 Å². The first-order chi connectivity index (χ1) is 12.6. The molecule has 1 heterocycles. The van der Waals surface area contributed by atoms with Gasteiger partial charge in [0, 0.05) is 37.1 Å². The van der Waals surface area contributed by atoms with Crippen LogP contribution in [-0.4, -0.2) is 28.4 Å². The molecular weight excluding hydrogens is 322 g/mol. The van der Waals surface area contributed by atoms with E-state index in [1.807, 2.05) is 53.4 Å². The van der Waals surface area contributed by atoms with Crippen LogP contribution in [0.5, 0.6) is 0 Å². The van der Waals surface area contributed by atoms with Crippen LogP contribution in [0.4, 0.5) is 5.69 Å². The summed E-state index contributed by atoms with van der Waals surface area (Å²) in [6.45, 7) is 5.35. The SMILES string of the molecule is CC(C)N(Cc1ccccc1)C(=O)CCNc1cccc2cccnc12. The highest BCUT2D eigenvalue weighted by molar-refractivity contribution is 5.90. The number of fused-ring (bicyclic) bond motifs is 1. The Hall–Kier alpha value is -2.88. The fourth-order valence-corrected chi connectivity index (χ4v) is 3.03. The number of hydrogen-bond acceptors (Lipinski definition) is 3. The minimum absolute atomic E-state index is 0.157. The molecule has 4 heteroatoms. The van der Waals surface area contributed by atoms with E-state index in [2.05, 4.69) is 36.3 Å². The van der Waals surface area contributed by atoms with E-state index in [1.54, 1.807) is 6.20 Å². The fourth-order valence-electron chi connectivity index (χ4n) is 3.03. The minimum Gasteiger partial charge on any atom is -0.383 e. The van der Waals surface area contributed by atoms with Crippen molar-refractivity contribution in [2.75, 3.05) is 11.9 Å². The third-order valence-corrected chi connectivity index (χ3v) is 4.43. The summed E-state index contributed by atoms with van der Waals surface area (Å²) in [5, 5.41) is 4.46. The lowest BCUT2D eigenvalue weighted by atomic mass is 10.1. The van der Waals surface area contributed by atoms with Crippen molar-refractivity contribution in [3.05, 3.63) is 72.4 Å². The van der Waals surface area contributed by atoms with Gasteiger partial charge in [-0.25, -0.2) is 0 Å². The molecule has 134 valence electrons. The van der Waals surface area contributed by atoms with E-state index in [1.165, 1.54) is 0 Å². The van der Waals surface area contributed by atoms with E-state index >= 15 is 0 Å². The zero-order valence-electron chi connectivity index (χ0n) is 15.4. The lowest BCUT2D eigenvalue weighted by molar-refractivity contribution is -0.133. The van der Waals surface area contributed by atoms with Crippen LogP contribution in [0.15, 0.2) is 66.9 Å². The van der Waals surface area contributed by atoms with Crippen LogP contribution >= 0.6 is 0 Å². The summed E-state index contributed by atoms with van der Waals surface area (Å²) in [5.74, 6) is 0.157. The van der Waals surface area contributed by atoms with Crippen molar-refractivity contribution >= 4 is 22.5 Å². The maximum Gasteiger partial charge on any atom is 0.224 e. The quantitative estimate of drug-likeness (QED) is 0.686. The molecule has 0 bridgehead atoms. The average molecular weight is 347 g/mol. The number of rotatable bonds is 7. The number of hydrogen-bond donors (Lipinski definition) is 1. The van der Waals surface area contributed by atoms with Crippen LogP contribution in [0.1, 0.15) is 25.8 Å². The molecule has 1 N–H and O–H groups in total. The molecule has 26 heavy (non-hydrogen) atoms. The third-order valence-electron chi connectivity index (χ3n) is 4.43. The van der Waals surface area contributed by atoms with E-state index in [4.69, 9.17) is 0 Å². The molecule has 0 aliphatic heterocycles. The molecule has 0 aliphatic rings. The summed E-state index contributed by atoms with van der Waals surface area (Å²) >= 11 is 0. The molecule has 0 aliphatic carbocycles. The van der Waals surface area contributed by atoms with Crippen LogP contribution in [0.3, 0.4) is 0 Å². The van der Waals surface area contributed by atoms with E-state index < -0.39 is 0 Å². The number of carbonyl (C=O) groups excluding carboxylic acids is 1. The number of benzene rings is 2. The number of amides is 1. The standard InChI is InChI=1S/C22H25N3O/c1-17(2)25(16-18-8-4-3-5-9-18)21(26)13-15-23-20-12-6-10-19-11-7-14-24-22(19)20/h3-12,14,17,23H,13,15-16H2,1-2H3. The molecule has 2 aromatic carbocycles. The van der Waals surface area contributed by atoms with Gasteiger partial charge < -0.3 is 10.2 Å². The Morgan fingerprint density at radius 3 is 2.58 bits per heavy atom. The van der Waals surface area contributed by atoms with Gasteiger partial charge in [-0.15, -0.1) is 0 Å². The van der Waals surface area contributed by atoms with E-state index in [0.29, 0.717) is 19.5 Å². The molecule has 0 saturated carbocycles. The predicted molar refractivity (Wildman–Crippen MR) is 107 cm³/mol. The Bertz CT molecular complexity index is 856. The molecule has 0 radical (unpaired) electrons. The van der Waals surface area contributed by atoms with Crippen LogP contribution in [-0.2, 0) is 11.3 Å². The van der Waals surface area contributed by atoms with Crippen molar-refractivity contribution < 1.29 is 4.79 Å². The van der Waals surface area contributed by atoms with Gasteiger partial charge in [0.05, 0.1) is 11.2 Å². The molecule has 0 unspecified atom stereocenters. The molecule has 0 spiro atoms. The summed E-state index contributed by atoms with van der Waals surface area (Å²) in [5.41, 5.74) is 3.06. The normalized spacial score (nSPS) is 10.9. The molecule has 0 fully saturated rings. The first-order valence-corrected chi connectivity index (χ1v) is 9.06. The van der Waals surface area contributed by atoms with Gasteiger partial charge in [0.2, 0.25) is 5.91 Å². The van der Waals surface area contributed by atoms with Crippen LogP contribution in [0, 0.1) is 0 Å². The Balaban J connectivity index is 1.61. The Labute approximate surface area is 154 Å². The molecule has 1 aromatic heterocycles. The van der Waals surface area contributed by atoms with Gasteiger partial charge in [-0.2, -0.15) is 0 Å². The third kappa shape index (κ3) is 4.39. The molecule has 0 atom stereocenters. The predicted octanol–water partition coefficient (Wildman–Crippen LogP) is 4.47. The van der Waals surface area contributed by atoms with Crippen LogP contribution < -0.4 is 5.32 Å². The number of carbonyl (C=O) groups is 1. The zero-order chi connectivity index (χ0) is 18.4. The van der Waals surface area contributed by atoms with E-state index in [-0.39, 0.29) is 11.9 Å². The van der Waals surface area contributed by atoms with Crippen molar-refractivity contribution in [1.82, 2.24) is 9.88 Å². The second-order valence-corrected chi connectivity index (χ2v) is 6.66. The van der Waals surface area contributed by atoms with Crippen molar-refractivity contribution in [2.24, 2.45) is 0 Å². The second kappa shape index (κ2) is 8.48. The molecule has 3 aromatic rings. The molecule has 3 rings (SSSR count). The topological polar surface area (TPSA) is 45.2 Å². The van der Waals surface area contributed by atoms with Crippen molar-refractivity contribution in [3.63, 3.8) is 0 Å².